The molecule has 0 radical (unpaired) electrons. The molecule has 2 unspecified atom stereocenters. The second-order valence-electron chi connectivity index (χ2n) is 6.22. The molecule has 1 aromatic heterocycles. The molecule has 1 aliphatic carbocycles. The maximum absolute atomic E-state index is 12.8. The lowest BCUT2D eigenvalue weighted by Gasteiger charge is -2.58. The molecule has 2 atom stereocenters. The standard InChI is InChI=1S/C17H29N3O2S.ClH/c1-5-17(6-2)13(10-14(17)22-7-3)20(4)16(21)12-11-23-15(19-12)8-9-18;/h11,13-14H,5-10,18H2,1-4H3;1H. The van der Waals surface area contributed by atoms with Gasteiger partial charge in [-0.25, -0.2) is 4.98 Å². The predicted molar refractivity (Wildman–Crippen MR) is 101 cm³/mol. The third-order valence-electron chi connectivity index (χ3n) is 5.34. The van der Waals surface area contributed by atoms with Crippen molar-refractivity contribution in [1.82, 2.24) is 9.88 Å². The van der Waals surface area contributed by atoms with Crippen molar-refractivity contribution in [2.45, 2.75) is 58.6 Å². The minimum Gasteiger partial charge on any atom is -0.378 e. The van der Waals surface area contributed by atoms with Gasteiger partial charge in [0.1, 0.15) is 5.69 Å². The lowest BCUT2D eigenvalue weighted by molar-refractivity contribution is -0.159. The summed E-state index contributed by atoms with van der Waals surface area (Å²) in [7, 11) is 1.90. The first-order valence-electron chi connectivity index (χ1n) is 8.57. The molecule has 0 aromatic carbocycles. The molecule has 2 rings (SSSR count). The van der Waals surface area contributed by atoms with Crippen LogP contribution in [0.15, 0.2) is 5.38 Å². The molecule has 1 amide bonds. The van der Waals surface area contributed by atoms with E-state index in [0.717, 1.165) is 37.3 Å². The minimum absolute atomic E-state index is 0. The molecule has 1 heterocycles. The molecule has 1 aliphatic rings. The molecule has 1 aromatic rings. The van der Waals surface area contributed by atoms with Crippen LogP contribution in [0.2, 0.25) is 0 Å². The van der Waals surface area contributed by atoms with E-state index in [1.54, 1.807) is 0 Å². The van der Waals surface area contributed by atoms with Gasteiger partial charge in [-0.05, 0) is 32.7 Å². The van der Waals surface area contributed by atoms with Crippen molar-refractivity contribution in [2.75, 3.05) is 20.2 Å². The molecule has 0 saturated heterocycles. The quantitative estimate of drug-likeness (QED) is 0.757. The summed E-state index contributed by atoms with van der Waals surface area (Å²) in [4.78, 5) is 19.1. The summed E-state index contributed by atoms with van der Waals surface area (Å²) in [6.45, 7) is 7.71. The number of amides is 1. The van der Waals surface area contributed by atoms with E-state index in [1.165, 1.54) is 11.3 Å². The van der Waals surface area contributed by atoms with Gasteiger partial charge >= 0.3 is 0 Å². The molecular weight excluding hydrogens is 346 g/mol. The molecule has 1 saturated carbocycles. The summed E-state index contributed by atoms with van der Waals surface area (Å²) in [5.74, 6) is 0.00995. The van der Waals surface area contributed by atoms with Crippen LogP contribution in [0.25, 0.3) is 0 Å². The molecule has 0 aliphatic heterocycles. The normalized spacial score (nSPS) is 21.7. The van der Waals surface area contributed by atoms with Crippen LogP contribution < -0.4 is 5.73 Å². The van der Waals surface area contributed by atoms with E-state index in [2.05, 4.69) is 18.8 Å². The first-order chi connectivity index (χ1) is 11.0. The van der Waals surface area contributed by atoms with E-state index in [-0.39, 0.29) is 35.9 Å². The fourth-order valence-corrected chi connectivity index (χ4v) is 4.64. The molecule has 24 heavy (non-hydrogen) atoms. The lowest BCUT2D eigenvalue weighted by atomic mass is 9.58. The number of halogens is 1. The molecular formula is C17H30ClN3O2S. The van der Waals surface area contributed by atoms with E-state index in [4.69, 9.17) is 10.5 Å². The van der Waals surface area contributed by atoms with Crippen molar-refractivity contribution >= 4 is 29.7 Å². The van der Waals surface area contributed by atoms with Crippen LogP contribution in [0.1, 0.15) is 55.5 Å². The van der Waals surface area contributed by atoms with E-state index in [9.17, 15) is 4.79 Å². The van der Waals surface area contributed by atoms with Crippen molar-refractivity contribution in [1.29, 1.82) is 0 Å². The van der Waals surface area contributed by atoms with Gasteiger partial charge in [-0.3, -0.25) is 4.79 Å². The number of thiazole rings is 1. The molecule has 0 bridgehead atoms. The number of hydrogen-bond acceptors (Lipinski definition) is 5. The summed E-state index contributed by atoms with van der Waals surface area (Å²) in [6, 6.07) is 0.223. The number of hydrogen-bond donors (Lipinski definition) is 1. The second kappa shape index (κ2) is 9.13. The minimum atomic E-state index is 0. The molecule has 138 valence electrons. The van der Waals surface area contributed by atoms with Gasteiger partial charge in [-0.2, -0.15) is 0 Å². The molecule has 1 fully saturated rings. The number of nitrogens with zero attached hydrogens (tertiary/aromatic N) is 2. The Kier molecular flexibility index (Phi) is 8.12. The zero-order chi connectivity index (χ0) is 17.0. The number of rotatable bonds is 8. The van der Waals surface area contributed by atoms with E-state index >= 15 is 0 Å². The highest BCUT2D eigenvalue weighted by Gasteiger charge is 2.55. The predicted octanol–water partition coefficient (Wildman–Crippen LogP) is 3.12. The number of ether oxygens (including phenoxy) is 1. The Morgan fingerprint density at radius 2 is 2.12 bits per heavy atom. The van der Waals surface area contributed by atoms with Crippen LogP contribution in [0.5, 0.6) is 0 Å². The summed E-state index contributed by atoms with van der Waals surface area (Å²) >= 11 is 1.51. The first-order valence-corrected chi connectivity index (χ1v) is 9.45. The Bertz CT molecular complexity index is 534. The Labute approximate surface area is 155 Å². The average Bonchev–Trinajstić information content (AvgIpc) is 3.00. The lowest BCUT2D eigenvalue weighted by Crippen LogP contribution is -2.64. The summed E-state index contributed by atoms with van der Waals surface area (Å²) in [6.07, 6.45) is 3.94. The zero-order valence-electron chi connectivity index (χ0n) is 15.1. The number of nitrogens with two attached hydrogens (primary N) is 1. The molecule has 5 nitrogen and oxygen atoms in total. The van der Waals surface area contributed by atoms with Crippen LogP contribution >= 0.6 is 23.7 Å². The van der Waals surface area contributed by atoms with Crippen LogP contribution in [0.4, 0.5) is 0 Å². The van der Waals surface area contributed by atoms with Crippen molar-refractivity contribution in [3.05, 3.63) is 16.1 Å². The van der Waals surface area contributed by atoms with E-state index < -0.39 is 0 Å². The molecule has 0 spiro atoms. The van der Waals surface area contributed by atoms with Crippen LogP contribution in [-0.4, -0.2) is 48.1 Å². The van der Waals surface area contributed by atoms with Gasteiger partial charge in [0.2, 0.25) is 0 Å². The molecule has 7 heteroatoms. The maximum Gasteiger partial charge on any atom is 0.273 e. The molecule has 2 N–H and O–H groups in total. The topological polar surface area (TPSA) is 68.5 Å². The smallest absolute Gasteiger partial charge is 0.273 e. The van der Waals surface area contributed by atoms with Crippen molar-refractivity contribution in [2.24, 2.45) is 11.1 Å². The average molecular weight is 376 g/mol. The Morgan fingerprint density at radius 3 is 2.67 bits per heavy atom. The van der Waals surface area contributed by atoms with Gasteiger partial charge in [0, 0.05) is 36.9 Å². The third-order valence-corrected chi connectivity index (χ3v) is 6.25. The summed E-state index contributed by atoms with van der Waals surface area (Å²) in [5, 5.41) is 2.78. The fraction of sp³-hybridized carbons (Fsp3) is 0.765. The maximum atomic E-state index is 12.8. The van der Waals surface area contributed by atoms with Crippen LogP contribution in [-0.2, 0) is 11.2 Å². The van der Waals surface area contributed by atoms with Crippen molar-refractivity contribution in [3.8, 4) is 0 Å². The monoisotopic (exact) mass is 375 g/mol. The highest BCUT2D eigenvalue weighted by atomic mass is 35.5. The number of carbonyl (C=O) groups is 1. The van der Waals surface area contributed by atoms with Crippen LogP contribution in [0, 0.1) is 5.41 Å². The van der Waals surface area contributed by atoms with E-state index in [0.29, 0.717) is 12.2 Å². The Balaban J connectivity index is 0.00000288. The van der Waals surface area contributed by atoms with Gasteiger partial charge in [-0.1, -0.05) is 13.8 Å². The first kappa shape index (κ1) is 21.4. The van der Waals surface area contributed by atoms with Crippen molar-refractivity contribution < 1.29 is 9.53 Å². The largest absolute Gasteiger partial charge is 0.378 e. The van der Waals surface area contributed by atoms with Gasteiger partial charge < -0.3 is 15.4 Å². The van der Waals surface area contributed by atoms with E-state index in [1.807, 2.05) is 24.3 Å². The van der Waals surface area contributed by atoms with Gasteiger partial charge in [0.05, 0.1) is 11.1 Å². The van der Waals surface area contributed by atoms with Gasteiger partial charge in [0.15, 0.2) is 0 Å². The fourth-order valence-electron chi connectivity index (χ4n) is 3.85. The third kappa shape index (κ3) is 3.77. The van der Waals surface area contributed by atoms with Crippen LogP contribution in [0.3, 0.4) is 0 Å². The van der Waals surface area contributed by atoms with Gasteiger partial charge in [-0.15, -0.1) is 23.7 Å². The zero-order valence-corrected chi connectivity index (χ0v) is 16.7. The SMILES string of the molecule is CCOC1CC(N(C)C(=O)c2csc(CCN)n2)C1(CC)CC.Cl. The Morgan fingerprint density at radius 1 is 1.46 bits per heavy atom. The van der Waals surface area contributed by atoms with Crippen molar-refractivity contribution in [3.63, 3.8) is 0 Å². The summed E-state index contributed by atoms with van der Waals surface area (Å²) < 4.78 is 5.91. The highest BCUT2D eigenvalue weighted by molar-refractivity contribution is 7.09. The number of aromatic nitrogens is 1. The number of carbonyl (C=O) groups excluding carboxylic acids is 1. The Hall–Kier alpha value is -0.690. The second-order valence-corrected chi connectivity index (χ2v) is 7.16. The van der Waals surface area contributed by atoms with Gasteiger partial charge in [0.25, 0.3) is 5.91 Å². The highest BCUT2D eigenvalue weighted by Crippen LogP contribution is 2.51. The summed E-state index contributed by atoms with van der Waals surface area (Å²) in [5.41, 5.74) is 6.17.